The molecule has 2 aliphatic heterocycles. The van der Waals surface area contributed by atoms with Crippen LogP contribution in [0.3, 0.4) is 0 Å². The molecule has 1 atom stereocenters. The highest BCUT2D eigenvalue weighted by Crippen LogP contribution is 2.30. The second-order valence-corrected chi connectivity index (χ2v) is 6.58. The summed E-state index contributed by atoms with van der Waals surface area (Å²) in [6.45, 7) is 1.22. The lowest BCUT2D eigenvalue weighted by Crippen LogP contribution is -2.43. The molecule has 0 N–H and O–H groups in total. The van der Waals surface area contributed by atoms with Gasteiger partial charge in [0.1, 0.15) is 6.04 Å². The van der Waals surface area contributed by atoms with Gasteiger partial charge in [0.25, 0.3) is 0 Å². The van der Waals surface area contributed by atoms with Crippen LogP contribution in [0.15, 0.2) is 29.6 Å². The maximum atomic E-state index is 12.8. The Labute approximate surface area is 127 Å². The zero-order valence-electron chi connectivity index (χ0n) is 11.6. The SMILES string of the molecule is O=C1C2CCCN2C(=O)CCN1c1ccc2sccc2c1. The zero-order valence-corrected chi connectivity index (χ0v) is 12.4. The summed E-state index contributed by atoms with van der Waals surface area (Å²) < 4.78 is 1.22. The summed E-state index contributed by atoms with van der Waals surface area (Å²) in [7, 11) is 0. The fourth-order valence-electron chi connectivity index (χ4n) is 3.34. The van der Waals surface area contributed by atoms with E-state index in [1.165, 1.54) is 4.70 Å². The molecule has 2 aromatic rings. The van der Waals surface area contributed by atoms with Crippen molar-refractivity contribution in [3.8, 4) is 0 Å². The van der Waals surface area contributed by atoms with Crippen LogP contribution in [0.5, 0.6) is 0 Å². The van der Waals surface area contributed by atoms with Gasteiger partial charge in [-0.15, -0.1) is 11.3 Å². The molecule has 1 aromatic carbocycles. The van der Waals surface area contributed by atoms with Crippen molar-refractivity contribution in [1.82, 2.24) is 4.90 Å². The van der Waals surface area contributed by atoms with Crippen LogP contribution >= 0.6 is 11.3 Å². The lowest BCUT2D eigenvalue weighted by atomic mass is 10.1. The molecule has 0 radical (unpaired) electrons. The molecule has 1 unspecified atom stereocenters. The standard InChI is InChI=1S/C16H16N2O2S/c19-15-5-8-17(16(20)13-2-1-7-18(13)15)12-3-4-14-11(10-12)6-9-21-14/h3-4,6,9-10,13H,1-2,5,7-8H2. The second-order valence-electron chi connectivity index (χ2n) is 5.63. The number of anilines is 1. The van der Waals surface area contributed by atoms with Gasteiger partial charge in [-0.05, 0) is 47.9 Å². The topological polar surface area (TPSA) is 40.6 Å². The van der Waals surface area contributed by atoms with Crippen LogP contribution in [0.1, 0.15) is 19.3 Å². The molecule has 4 rings (SSSR count). The summed E-state index contributed by atoms with van der Waals surface area (Å²) in [5, 5.41) is 3.21. The zero-order chi connectivity index (χ0) is 14.4. The summed E-state index contributed by atoms with van der Waals surface area (Å²) in [6.07, 6.45) is 2.14. The monoisotopic (exact) mass is 300 g/mol. The van der Waals surface area contributed by atoms with Gasteiger partial charge in [-0.2, -0.15) is 0 Å². The molecule has 2 aliphatic rings. The largest absolute Gasteiger partial charge is 0.331 e. The number of benzene rings is 1. The fourth-order valence-corrected chi connectivity index (χ4v) is 4.11. The number of hydrogen-bond donors (Lipinski definition) is 0. The van der Waals surface area contributed by atoms with E-state index in [1.54, 1.807) is 21.1 Å². The van der Waals surface area contributed by atoms with Crippen molar-refractivity contribution < 1.29 is 9.59 Å². The third-order valence-corrected chi connectivity index (χ3v) is 5.32. The molecule has 1 aromatic heterocycles. The average molecular weight is 300 g/mol. The molecule has 0 saturated carbocycles. The lowest BCUT2D eigenvalue weighted by Gasteiger charge is -2.25. The van der Waals surface area contributed by atoms with Crippen LogP contribution in [-0.2, 0) is 9.59 Å². The van der Waals surface area contributed by atoms with E-state index in [2.05, 4.69) is 23.6 Å². The minimum Gasteiger partial charge on any atom is -0.331 e. The van der Waals surface area contributed by atoms with E-state index in [-0.39, 0.29) is 17.9 Å². The van der Waals surface area contributed by atoms with Crippen LogP contribution in [0, 0.1) is 0 Å². The Balaban J connectivity index is 1.72. The van der Waals surface area contributed by atoms with Crippen LogP contribution in [0.2, 0.25) is 0 Å². The molecule has 108 valence electrons. The van der Waals surface area contributed by atoms with E-state index in [4.69, 9.17) is 0 Å². The van der Waals surface area contributed by atoms with E-state index in [1.807, 2.05) is 6.07 Å². The van der Waals surface area contributed by atoms with Crippen molar-refractivity contribution >= 4 is 38.9 Å². The first-order valence-electron chi connectivity index (χ1n) is 7.32. The van der Waals surface area contributed by atoms with E-state index in [9.17, 15) is 9.59 Å². The first kappa shape index (κ1) is 12.8. The molecule has 2 amide bonds. The molecule has 0 spiro atoms. The number of carbonyl (C=O) groups excluding carboxylic acids is 2. The highest BCUT2D eigenvalue weighted by Gasteiger charge is 2.39. The summed E-state index contributed by atoms with van der Waals surface area (Å²) in [5.41, 5.74) is 0.910. The molecule has 0 aliphatic carbocycles. The highest BCUT2D eigenvalue weighted by molar-refractivity contribution is 7.17. The van der Waals surface area contributed by atoms with E-state index in [0.29, 0.717) is 13.0 Å². The minimum atomic E-state index is -0.252. The molecule has 2 fully saturated rings. The van der Waals surface area contributed by atoms with E-state index < -0.39 is 0 Å². The molecule has 4 nitrogen and oxygen atoms in total. The first-order valence-corrected chi connectivity index (χ1v) is 8.20. The van der Waals surface area contributed by atoms with Gasteiger partial charge in [-0.1, -0.05) is 0 Å². The third kappa shape index (κ3) is 2.03. The molecular weight excluding hydrogens is 284 g/mol. The average Bonchev–Trinajstić information content (AvgIpc) is 3.13. The number of rotatable bonds is 1. The lowest BCUT2D eigenvalue weighted by molar-refractivity contribution is -0.135. The molecule has 3 heterocycles. The van der Waals surface area contributed by atoms with Crippen molar-refractivity contribution in [2.45, 2.75) is 25.3 Å². The fraction of sp³-hybridized carbons (Fsp3) is 0.375. The maximum absolute atomic E-state index is 12.8. The third-order valence-electron chi connectivity index (χ3n) is 4.42. The number of amides is 2. The first-order chi connectivity index (χ1) is 10.2. The van der Waals surface area contributed by atoms with Gasteiger partial charge in [0.05, 0.1) is 0 Å². The Morgan fingerprint density at radius 3 is 2.95 bits per heavy atom. The smallest absolute Gasteiger partial charge is 0.249 e. The number of nitrogens with zero attached hydrogens (tertiary/aromatic N) is 2. The predicted molar refractivity (Wildman–Crippen MR) is 83.5 cm³/mol. The molecule has 21 heavy (non-hydrogen) atoms. The predicted octanol–water partition coefficient (Wildman–Crippen LogP) is 2.63. The van der Waals surface area contributed by atoms with Crippen molar-refractivity contribution in [3.05, 3.63) is 29.6 Å². The van der Waals surface area contributed by atoms with Gasteiger partial charge in [0.15, 0.2) is 0 Å². The number of hydrogen-bond acceptors (Lipinski definition) is 3. The Morgan fingerprint density at radius 1 is 1.14 bits per heavy atom. The Morgan fingerprint density at radius 2 is 2.05 bits per heavy atom. The van der Waals surface area contributed by atoms with Crippen molar-refractivity contribution in [3.63, 3.8) is 0 Å². The molecular formula is C16H16N2O2S. The van der Waals surface area contributed by atoms with Gasteiger partial charge in [-0.25, -0.2) is 0 Å². The van der Waals surface area contributed by atoms with E-state index in [0.717, 1.165) is 30.5 Å². The van der Waals surface area contributed by atoms with E-state index >= 15 is 0 Å². The minimum absolute atomic E-state index is 0.0768. The number of thiophene rings is 1. The Kier molecular flexibility index (Phi) is 2.96. The van der Waals surface area contributed by atoms with Gasteiger partial charge in [0.2, 0.25) is 11.8 Å². The summed E-state index contributed by atoms with van der Waals surface area (Å²) in [4.78, 5) is 28.5. The second kappa shape index (κ2) is 4.84. The quantitative estimate of drug-likeness (QED) is 0.812. The van der Waals surface area contributed by atoms with Crippen LogP contribution in [0.4, 0.5) is 5.69 Å². The van der Waals surface area contributed by atoms with Crippen molar-refractivity contribution in [1.29, 1.82) is 0 Å². The van der Waals surface area contributed by atoms with Crippen molar-refractivity contribution in [2.24, 2.45) is 0 Å². The van der Waals surface area contributed by atoms with Crippen LogP contribution < -0.4 is 4.90 Å². The van der Waals surface area contributed by atoms with Gasteiger partial charge < -0.3 is 9.80 Å². The summed E-state index contributed by atoms with van der Waals surface area (Å²) in [5.74, 6) is 0.192. The summed E-state index contributed by atoms with van der Waals surface area (Å²) >= 11 is 1.70. The van der Waals surface area contributed by atoms with Crippen LogP contribution in [0.25, 0.3) is 10.1 Å². The van der Waals surface area contributed by atoms with Crippen molar-refractivity contribution in [2.75, 3.05) is 18.0 Å². The Bertz CT molecular complexity index is 724. The molecule has 0 bridgehead atoms. The van der Waals surface area contributed by atoms with Crippen LogP contribution in [-0.4, -0.2) is 35.8 Å². The van der Waals surface area contributed by atoms with Gasteiger partial charge in [0, 0.05) is 29.9 Å². The van der Waals surface area contributed by atoms with Gasteiger partial charge >= 0.3 is 0 Å². The van der Waals surface area contributed by atoms with Gasteiger partial charge in [-0.3, -0.25) is 9.59 Å². The number of fused-ring (bicyclic) bond motifs is 2. The normalized spacial score (nSPS) is 22.8. The molecule has 2 saturated heterocycles. The summed E-state index contributed by atoms with van der Waals surface area (Å²) in [6, 6.07) is 7.92. The maximum Gasteiger partial charge on any atom is 0.249 e. The number of carbonyl (C=O) groups is 2. The Hall–Kier alpha value is -1.88. The highest BCUT2D eigenvalue weighted by atomic mass is 32.1. The molecule has 5 heteroatoms.